The Morgan fingerprint density at radius 1 is 1.88 bits per heavy atom. The third-order valence-corrected chi connectivity index (χ3v) is 0.945. The Kier molecular flexibility index (Phi) is 4.09. The summed E-state index contributed by atoms with van der Waals surface area (Å²) in [5.74, 6) is 0. The van der Waals surface area contributed by atoms with Gasteiger partial charge in [0.25, 0.3) is 0 Å². The lowest BCUT2D eigenvalue weighted by Crippen LogP contribution is -2.09. The molecule has 0 bridgehead atoms. The minimum atomic E-state index is -2.66. The highest BCUT2D eigenvalue weighted by atomic mass is 28.3. The molecule has 0 aromatic rings. The van der Waals surface area contributed by atoms with E-state index >= 15 is 0 Å². The molecule has 0 rings (SSSR count). The average molecular weight is 134 g/mol. The van der Waals surface area contributed by atoms with Gasteiger partial charge in [-0.15, -0.1) is 0 Å². The predicted molar refractivity (Wildman–Crippen MR) is 26.3 cm³/mol. The van der Waals surface area contributed by atoms with Crippen molar-refractivity contribution in [1.29, 1.82) is 0 Å². The smallest absolute Gasteiger partial charge is 0.491 e. The fourth-order valence-corrected chi connectivity index (χ4v) is 0.460. The summed E-state index contributed by atoms with van der Waals surface area (Å²) in [6.45, 7) is 3.41. The molecule has 8 heavy (non-hydrogen) atoms. The van der Waals surface area contributed by atoms with Crippen LogP contribution in [-0.4, -0.2) is 21.0 Å². The summed E-state index contributed by atoms with van der Waals surface area (Å²) in [7, 11) is -2.66. The fourth-order valence-electron chi connectivity index (χ4n) is 0.153. The molecular formula is C3H6O4Si. The van der Waals surface area contributed by atoms with Gasteiger partial charge in [-0.1, -0.05) is 12.7 Å². The third kappa shape index (κ3) is 3.50. The van der Waals surface area contributed by atoms with Crippen LogP contribution in [-0.2, 0) is 13.5 Å². The van der Waals surface area contributed by atoms with Crippen LogP contribution in [0, 0.1) is 0 Å². The first kappa shape index (κ1) is 7.32. The van der Waals surface area contributed by atoms with Crippen LogP contribution in [0.3, 0.4) is 0 Å². The maximum absolute atomic E-state index is 10.0. The van der Waals surface area contributed by atoms with Crippen molar-refractivity contribution in [2.75, 3.05) is 6.61 Å². The predicted octanol–water partition coefficient (Wildman–Crippen LogP) is 0.0940. The summed E-state index contributed by atoms with van der Waals surface area (Å²) >= 11 is 0. The molecule has 0 saturated heterocycles. The van der Waals surface area contributed by atoms with Gasteiger partial charge in [-0.3, -0.25) is 4.46 Å². The van der Waals surface area contributed by atoms with Crippen LogP contribution in [0.15, 0.2) is 12.7 Å². The Hall–Kier alpha value is -0.683. The Bertz CT molecular complexity index is 91.3. The lowest BCUT2D eigenvalue weighted by Gasteiger charge is -1.92. The summed E-state index contributed by atoms with van der Waals surface area (Å²) in [5.41, 5.74) is 0. The molecule has 0 saturated carbocycles. The molecule has 0 atom stereocenters. The van der Waals surface area contributed by atoms with E-state index in [2.05, 4.69) is 15.6 Å². The maximum Gasteiger partial charge on any atom is 0.801 e. The van der Waals surface area contributed by atoms with Crippen molar-refractivity contribution in [3.05, 3.63) is 12.7 Å². The number of hydrogen-bond acceptors (Lipinski definition) is 4. The minimum Gasteiger partial charge on any atom is -0.491 e. The highest BCUT2D eigenvalue weighted by Crippen LogP contribution is 1.74. The van der Waals surface area contributed by atoms with Crippen LogP contribution in [0.4, 0.5) is 0 Å². The Morgan fingerprint density at radius 2 is 2.50 bits per heavy atom. The fraction of sp³-hybridized carbons (Fsp3) is 0.333. The second-order valence-corrected chi connectivity index (χ2v) is 1.91. The van der Waals surface area contributed by atoms with Gasteiger partial charge in [0.05, 0.1) is 6.61 Å². The van der Waals surface area contributed by atoms with Gasteiger partial charge in [0, 0.05) is 0 Å². The molecule has 0 radical (unpaired) electrons. The number of hydrogen-bond donors (Lipinski definition) is 1. The van der Waals surface area contributed by atoms with E-state index in [1.165, 1.54) is 6.08 Å². The molecule has 0 heterocycles. The van der Waals surface area contributed by atoms with Crippen LogP contribution in [0.5, 0.6) is 0 Å². The first-order chi connectivity index (χ1) is 3.81. The second-order valence-electron chi connectivity index (χ2n) is 0.941. The zero-order chi connectivity index (χ0) is 6.41. The summed E-state index contributed by atoms with van der Waals surface area (Å²) in [6.07, 6.45) is 1.40. The van der Waals surface area contributed by atoms with Crippen molar-refractivity contribution in [3.63, 3.8) is 0 Å². The third-order valence-electron chi connectivity index (χ3n) is 0.394. The van der Waals surface area contributed by atoms with E-state index in [-0.39, 0.29) is 6.61 Å². The standard InChI is InChI=1S/C3H6O4Si/c1-2-3-6-8(5)7-4/h2,4H,1,3H2. The Balaban J connectivity index is 3.11. The van der Waals surface area contributed by atoms with Gasteiger partial charge in [-0.05, 0) is 0 Å². The molecule has 0 aliphatic carbocycles. The van der Waals surface area contributed by atoms with Crippen LogP contribution in [0.1, 0.15) is 0 Å². The van der Waals surface area contributed by atoms with Gasteiger partial charge in [-0.2, -0.15) is 0 Å². The minimum absolute atomic E-state index is 0.123. The normalized spacial score (nSPS) is 7.62. The van der Waals surface area contributed by atoms with Crippen LogP contribution < -0.4 is 0 Å². The van der Waals surface area contributed by atoms with E-state index in [0.29, 0.717) is 0 Å². The molecule has 46 valence electrons. The van der Waals surface area contributed by atoms with Gasteiger partial charge in [0.15, 0.2) is 0 Å². The SMILES string of the molecule is C=CCO[Si](=O)OO. The average Bonchev–Trinajstić information content (AvgIpc) is 1.83. The molecule has 0 aromatic carbocycles. The lowest BCUT2D eigenvalue weighted by molar-refractivity contribution is -0.165. The molecule has 0 aromatic heterocycles. The lowest BCUT2D eigenvalue weighted by atomic mass is 10.7. The summed E-state index contributed by atoms with van der Waals surface area (Å²) in [5, 5.41) is 7.63. The van der Waals surface area contributed by atoms with E-state index in [9.17, 15) is 4.46 Å². The topological polar surface area (TPSA) is 55.8 Å². The van der Waals surface area contributed by atoms with Gasteiger partial charge in [0.2, 0.25) is 0 Å². The van der Waals surface area contributed by atoms with Crippen molar-refractivity contribution in [3.8, 4) is 0 Å². The largest absolute Gasteiger partial charge is 0.801 e. The summed E-state index contributed by atoms with van der Waals surface area (Å²) < 4.78 is 17.6. The highest BCUT2D eigenvalue weighted by molar-refractivity contribution is 6.25. The molecular weight excluding hydrogens is 128 g/mol. The van der Waals surface area contributed by atoms with Gasteiger partial charge in [-0.25, -0.2) is 5.26 Å². The van der Waals surface area contributed by atoms with Gasteiger partial charge in [0.1, 0.15) is 0 Å². The van der Waals surface area contributed by atoms with Crippen LogP contribution >= 0.6 is 0 Å². The van der Waals surface area contributed by atoms with E-state index in [1.807, 2.05) is 0 Å². The van der Waals surface area contributed by atoms with Gasteiger partial charge < -0.3 is 9.00 Å². The zero-order valence-corrected chi connectivity index (χ0v) is 5.16. The molecule has 0 amide bonds. The molecule has 0 fully saturated rings. The maximum atomic E-state index is 10.0. The van der Waals surface area contributed by atoms with Crippen LogP contribution in [0.25, 0.3) is 0 Å². The number of rotatable bonds is 4. The first-order valence-corrected chi connectivity index (χ1v) is 3.12. The quantitative estimate of drug-likeness (QED) is 0.256. The van der Waals surface area contributed by atoms with E-state index < -0.39 is 9.17 Å². The van der Waals surface area contributed by atoms with Crippen molar-refractivity contribution in [1.82, 2.24) is 0 Å². The van der Waals surface area contributed by atoms with E-state index in [4.69, 9.17) is 5.26 Å². The molecule has 1 N–H and O–H groups in total. The van der Waals surface area contributed by atoms with Gasteiger partial charge >= 0.3 is 9.17 Å². The van der Waals surface area contributed by atoms with E-state index in [1.54, 1.807) is 0 Å². The first-order valence-electron chi connectivity index (χ1n) is 1.90. The Morgan fingerprint density at radius 3 is 2.88 bits per heavy atom. The van der Waals surface area contributed by atoms with Crippen molar-refractivity contribution >= 4 is 9.17 Å². The Labute approximate surface area is 48.2 Å². The van der Waals surface area contributed by atoms with Crippen molar-refractivity contribution in [2.24, 2.45) is 0 Å². The molecule has 0 spiro atoms. The van der Waals surface area contributed by atoms with Crippen molar-refractivity contribution in [2.45, 2.75) is 0 Å². The van der Waals surface area contributed by atoms with Crippen LogP contribution in [0.2, 0.25) is 0 Å². The molecule has 0 unspecified atom stereocenters. The molecule has 5 heteroatoms. The monoisotopic (exact) mass is 134 g/mol. The highest BCUT2D eigenvalue weighted by Gasteiger charge is 2.07. The zero-order valence-electron chi connectivity index (χ0n) is 4.16. The molecule has 4 nitrogen and oxygen atoms in total. The summed E-state index contributed by atoms with van der Waals surface area (Å²) in [4.78, 5) is 0. The molecule has 0 aliphatic rings. The molecule has 0 aliphatic heterocycles. The summed E-state index contributed by atoms with van der Waals surface area (Å²) in [6, 6.07) is 0. The van der Waals surface area contributed by atoms with E-state index in [0.717, 1.165) is 0 Å². The second kappa shape index (κ2) is 4.48. The van der Waals surface area contributed by atoms with Crippen molar-refractivity contribution < 1.29 is 18.7 Å².